The SMILES string of the molecule is CC(C)NC(=O)C(C)Sc1n[nH]c(CCC2CCCC2)n1. The number of amides is 1. The summed E-state index contributed by atoms with van der Waals surface area (Å²) in [5.74, 6) is 1.84. The second-order valence-electron chi connectivity index (χ2n) is 6.18. The number of carbonyl (C=O) groups is 1. The number of hydrogen-bond acceptors (Lipinski definition) is 4. The molecule has 118 valence electrons. The normalized spacial score (nSPS) is 17.3. The Morgan fingerprint density at radius 1 is 1.38 bits per heavy atom. The van der Waals surface area contributed by atoms with Gasteiger partial charge in [0.25, 0.3) is 0 Å². The fourth-order valence-corrected chi connectivity index (χ4v) is 3.45. The molecule has 0 aromatic carbocycles. The lowest BCUT2D eigenvalue weighted by molar-refractivity contribution is -0.120. The van der Waals surface area contributed by atoms with Crippen LogP contribution in [-0.2, 0) is 11.2 Å². The van der Waals surface area contributed by atoms with E-state index in [2.05, 4.69) is 20.5 Å². The predicted octanol–water partition coefficient (Wildman–Crippen LogP) is 2.93. The van der Waals surface area contributed by atoms with E-state index in [-0.39, 0.29) is 17.2 Å². The number of thioether (sulfide) groups is 1. The first kappa shape index (κ1) is 16.3. The van der Waals surface area contributed by atoms with Crippen LogP contribution in [-0.4, -0.2) is 32.4 Å². The van der Waals surface area contributed by atoms with E-state index < -0.39 is 0 Å². The lowest BCUT2D eigenvalue weighted by Crippen LogP contribution is -2.35. The van der Waals surface area contributed by atoms with E-state index in [1.807, 2.05) is 20.8 Å². The molecular weight excluding hydrogens is 284 g/mol. The number of hydrogen-bond donors (Lipinski definition) is 2. The van der Waals surface area contributed by atoms with Crippen LogP contribution < -0.4 is 5.32 Å². The molecule has 1 fully saturated rings. The third kappa shape index (κ3) is 5.34. The molecule has 1 aromatic heterocycles. The van der Waals surface area contributed by atoms with Gasteiger partial charge in [-0.15, -0.1) is 5.10 Å². The maximum absolute atomic E-state index is 11.9. The zero-order valence-electron chi connectivity index (χ0n) is 13.2. The third-order valence-electron chi connectivity index (χ3n) is 3.86. The molecule has 5 nitrogen and oxygen atoms in total. The van der Waals surface area contributed by atoms with Crippen molar-refractivity contribution in [2.75, 3.05) is 0 Å². The molecule has 0 radical (unpaired) electrons. The highest BCUT2D eigenvalue weighted by Gasteiger charge is 2.19. The van der Waals surface area contributed by atoms with Crippen LogP contribution in [0.25, 0.3) is 0 Å². The Bertz CT molecular complexity index is 454. The van der Waals surface area contributed by atoms with Gasteiger partial charge in [0.05, 0.1) is 5.25 Å². The number of aryl methyl sites for hydroxylation is 1. The standard InChI is InChI=1S/C15H26N4OS/c1-10(2)16-14(20)11(3)21-15-17-13(18-19-15)9-8-12-6-4-5-7-12/h10-12H,4-9H2,1-3H3,(H,16,20)(H,17,18,19). The van der Waals surface area contributed by atoms with E-state index in [9.17, 15) is 4.79 Å². The quantitative estimate of drug-likeness (QED) is 0.760. The molecule has 0 saturated heterocycles. The fourth-order valence-electron chi connectivity index (χ4n) is 2.70. The number of aromatic amines is 1. The molecule has 2 rings (SSSR count). The number of rotatable bonds is 7. The number of carbonyl (C=O) groups excluding carboxylic acids is 1. The minimum atomic E-state index is -0.175. The second-order valence-corrected chi connectivity index (χ2v) is 7.49. The molecule has 2 N–H and O–H groups in total. The highest BCUT2D eigenvalue weighted by atomic mass is 32.2. The molecule has 21 heavy (non-hydrogen) atoms. The van der Waals surface area contributed by atoms with Crippen molar-refractivity contribution in [2.45, 2.75) is 75.7 Å². The molecule has 1 unspecified atom stereocenters. The molecule has 1 atom stereocenters. The molecule has 0 spiro atoms. The molecule has 1 aliphatic rings. The van der Waals surface area contributed by atoms with Crippen LogP contribution in [0.15, 0.2) is 5.16 Å². The van der Waals surface area contributed by atoms with Gasteiger partial charge in [-0.1, -0.05) is 37.4 Å². The van der Waals surface area contributed by atoms with Crippen molar-refractivity contribution in [2.24, 2.45) is 5.92 Å². The molecule has 1 aromatic rings. The first-order valence-corrected chi connectivity index (χ1v) is 8.81. The summed E-state index contributed by atoms with van der Waals surface area (Å²) in [7, 11) is 0. The maximum atomic E-state index is 11.9. The van der Waals surface area contributed by atoms with Crippen molar-refractivity contribution in [1.29, 1.82) is 0 Å². The Morgan fingerprint density at radius 2 is 2.10 bits per heavy atom. The Morgan fingerprint density at radius 3 is 2.76 bits per heavy atom. The van der Waals surface area contributed by atoms with Crippen LogP contribution in [0, 0.1) is 5.92 Å². The van der Waals surface area contributed by atoms with E-state index in [1.54, 1.807) is 0 Å². The summed E-state index contributed by atoms with van der Waals surface area (Å²) in [6.45, 7) is 5.81. The first-order chi connectivity index (χ1) is 10.0. The van der Waals surface area contributed by atoms with E-state index in [4.69, 9.17) is 0 Å². The summed E-state index contributed by atoms with van der Waals surface area (Å²) in [6.07, 6.45) is 7.65. The van der Waals surface area contributed by atoms with Gasteiger partial charge in [0.2, 0.25) is 11.1 Å². The Balaban J connectivity index is 1.77. The minimum Gasteiger partial charge on any atom is -0.353 e. The molecule has 1 saturated carbocycles. The van der Waals surface area contributed by atoms with Crippen LogP contribution in [0.5, 0.6) is 0 Å². The molecular formula is C15H26N4OS. The van der Waals surface area contributed by atoms with Gasteiger partial charge in [0, 0.05) is 12.5 Å². The molecule has 0 aliphatic heterocycles. The van der Waals surface area contributed by atoms with Crippen molar-refractivity contribution in [3.8, 4) is 0 Å². The summed E-state index contributed by atoms with van der Waals surface area (Å²) in [4.78, 5) is 16.4. The topological polar surface area (TPSA) is 70.7 Å². The molecule has 1 amide bonds. The van der Waals surface area contributed by atoms with Gasteiger partial charge in [-0.2, -0.15) is 0 Å². The number of nitrogens with one attached hydrogen (secondary N) is 2. The van der Waals surface area contributed by atoms with Gasteiger partial charge >= 0.3 is 0 Å². The maximum Gasteiger partial charge on any atom is 0.233 e. The van der Waals surface area contributed by atoms with Gasteiger partial charge in [-0.3, -0.25) is 9.89 Å². The summed E-state index contributed by atoms with van der Waals surface area (Å²) in [5, 5.41) is 10.6. The fraction of sp³-hybridized carbons (Fsp3) is 0.800. The van der Waals surface area contributed by atoms with Gasteiger partial charge < -0.3 is 5.32 Å². The highest BCUT2D eigenvalue weighted by Crippen LogP contribution is 2.28. The number of H-pyrrole nitrogens is 1. The summed E-state index contributed by atoms with van der Waals surface area (Å²) < 4.78 is 0. The average Bonchev–Trinajstić information content (AvgIpc) is 3.06. The molecule has 1 heterocycles. The molecule has 0 bridgehead atoms. The monoisotopic (exact) mass is 310 g/mol. The summed E-state index contributed by atoms with van der Waals surface area (Å²) in [5.41, 5.74) is 0. The van der Waals surface area contributed by atoms with Crippen molar-refractivity contribution < 1.29 is 4.79 Å². The van der Waals surface area contributed by atoms with Crippen LogP contribution in [0.2, 0.25) is 0 Å². The zero-order valence-corrected chi connectivity index (χ0v) is 14.0. The van der Waals surface area contributed by atoms with Crippen molar-refractivity contribution >= 4 is 17.7 Å². The third-order valence-corrected chi connectivity index (χ3v) is 4.82. The van der Waals surface area contributed by atoms with E-state index in [1.165, 1.54) is 43.9 Å². The second kappa shape index (κ2) is 7.82. The van der Waals surface area contributed by atoms with E-state index in [0.29, 0.717) is 5.16 Å². The van der Waals surface area contributed by atoms with Crippen molar-refractivity contribution in [3.63, 3.8) is 0 Å². The average molecular weight is 310 g/mol. The van der Waals surface area contributed by atoms with E-state index >= 15 is 0 Å². The Labute approximate surface area is 131 Å². The van der Waals surface area contributed by atoms with Gasteiger partial charge in [0.1, 0.15) is 5.82 Å². The molecule has 6 heteroatoms. The van der Waals surface area contributed by atoms with Gasteiger partial charge in [-0.05, 0) is 33.1 Å². The predicted molar refractivity (Wildman–Crippen MR) is 85.3 cm³/mol. The van der Waals surface area contributed by atoms with Crippen molar-refractivity contribution in [1.82, 2.24) is 20.5 Å². The molecule has 1 aliphatic carbocycles. The lowest BCUT2D eigenvalue weighted by atomic mass is 10.0. The highest BCUT2D eigenvalue weighted by molar-refractivity contribution is 8.00. The largest absolute Gasteiger partial charge is 0.353 e. The number of nitrogens with zero attached hydrogens (tertiary/aromatic N) is 2. The van der Waals surface area contributed by atoms with E-state index in [0.717, 1.165) is 18.2 Å². The van der Waals surface area contributed by atoms with Crippen molar-refractivity contribution in [3.05, 3.63) is 5.82 Å². The first-order valence-electron chi connectivity index (χ1n) is 7.93. The summed E-state index contributed by atoms with van der Waals surface area (Å²) in [6, 6.07) is 0.162. The lowest BCUT2D eigenvalue weighted by Gasteiger charge is -2.12. The van der Waals surface area contributed by atoms with Crippen LogP contribution in [0.3, 0.4) is 0 Å². The zero-order chi connectivity index (χ0) is 15.2. The van der Waals surface area contributed by atoms with Gasteiger partial charge in [-0.25, -0.2) is 4.98 Å². The minimum absolute atomic E-state index is 0.0345. The van der Waals surface area contributed by atoms with Gasteiger partial charge in [0.15, 0.2) is 0 Å². The summed E-state index contributed by atoms with van der Waals surface area (Å²) >= 11 is 1.41. The van der Waals surface area contributed by atoms with Crippen LogP contribution >= 0.6 is 11.8 Å². The number of aromatic nitrogens is 3. The van der Waals surface area contributed by atoms with Crippen LogP contribution in [0.4, 0.5) is 0 Å². The Hall–Kier alpha value is -1.04. The smallest absolute Gasteiger partial charge is 0.233 e. The van der Waals surface area contributed by atoms with Crippen LogP contribution in [0.1, 0.15) is 58.7 Å². The Kier molecular flexibility index (Phi) is 6.08.